The van der Waals surface area contributed by atoms with Crippen LogP contribution in [-0.2, 0) is 0 Å². The van der Waals surface area contributed by atoms with Gasteiger partial charge in [0.05, 0.1) is 24.2 Å². The molecule has 1 fully saturated rings. The maximum Gasteiger partial charge on any atom is 0.124 e. The minimum atomic E-state index is 0. The van der Waals surface area contributed by atoms with Gasteiger partial charge in [0.15, 0.2) is 0 Å². The summed E-state index contributed by atoms with van der Waals surface area (Å²) >= 11 is 0. The smallest absolute Gasteiger partial charge is 0.124 e. The van der Waals surface area contributed by atoms with Crippen LogP contribution in [-0.4, -0.2) is 23.6 Å². The van der Waals surface area contributed by atoms with Crippen LogP contribution in [0.3, 0.4) is 0 Å². The third-order valence-corrected chi connectivity index (χ3v) is 3.35. The summed E-state index contributed by atoms with van der Waals surface area (Å²) in [6.45, 7) is 1.09. The molecule has 0 aliphatic carbocycles. The molecule has 0 saturated carbocycles. The number of nitrogens with zero attached hydrogens (tertiary/aromatic N) is 1. The lowest BCUT2D eigenvalue weighted by Gasteiger charge is -2.21. The zero-order chi connectivity index (χ0) is 11.7. The van der Waals surface area contributed by atoms with Crippen molar-refractivity contribution in [3.63, 3.8) is 0 Å². The molecule has 1 saturated heterocycles. The first-order valence-electron chi connectivity index (χ1n) is 6.14. The van der Waals surface area contributed by atoms with Gasteiger partial charge >= 0.3 is 0 Å². The van der Waals surface area contributed by atoms with E-state index < -0.39 is 0 Å². The van der Waals surface area contributed by atoms with Gasteiger partial charge < -0.3 is 15.0 Å². The van der Waals surface area contributed by atoms with Crippen LogP contribution < -0.4 is 10.1 Å². The molecule has 98 valence electrons. The first-order valence-corrected chi connectivity index (χ1v) is 6.14. The Hall–Kier alpha value is -1.26. The van der Waals surface area contributed by atoms with E-state index in [1.54, 1.807) is 7.11 Å². The quantitative estimate of drug-likeness (QED) is 0.880. The fourth-order valence-electron chi connectivity index (χ4n) is 2.39. The fourth-order valence-corrected chi connectivity index (χ4v) is 2.39. The van der Waals surface area contributed by atoms with Gasteiger partial charge in [0.25, 0.3) is 0 Å². The number of piperidine rings is 1. The van der Waals surface area contributed by atoms with Gasteiger partial charge in [-0.15, -0.1) is 12.4 Å². The molecule has 2 heterocycles. The molecule has 1 aliphatic heterocycles. The normalized spacial score (nSPS) is 19.5. The number of fused-ring (bicyclic) bond motifs is 1. The molecule has 1 aliphatic rings. The Morgan fingerprint density at radius 3 is 2.94 bits per heavy atom. The van der Waals surface area contributed by atoms with E-state index in [0.717, 1.165) is 35.6 Å². The molecule has 5 heteroatoms. The molecule has 0 bridgehead atoms. The van der Waals surface area contributed by atoms with Gasteiger partial charge in [-0.25, -0.2) is 4.98 Å². The highest BCUT2D eigenvalue weighted by molar-refractivity contribution is 5.85. The van der Waals surface area contributed by atoms with Crippen molar-refractivity contribution in [1.29, 1.82) is 0 Å². The van der Waals surface area contributed by atoms with Crippen LogP contribution in [0.15, 0.2) is 18.2 Å². The Morgan fingerprint density at radius 1 is 1.33 bits per heavy atom. The number of rotatable bonds is 2. The maximum atomic E-state index is 5.21. The molecule has 1 atom stereocenters. The van der Waals surface area contributed by atoms with Crippen molar-refractivity contribution in [2.45, 2.75) is 25.3 Å². The number of imidazole rings is 1. The summed E-state index contributed by atoms with van der Waals surface area (Å²) in [5.41, 5.74) is 2.06. The van der Waals surface area contributed by atoms with Crippen LogP contribution in [0.5, 0.6) is 5.75 Å². The SMILES string of the molecule is COc1ccc2nc(C3CCCCN3)[nH]c2c1.Cl. The van der Waals surface area contributed by atoms with Gasteiger partial charge in [0.2, 0.25) is 0 Å². The van der Waals surface area contributed by atoms with E-state index in [4.69, 9.17) is 4.74 Å². The van der Waals surface area contributed by atoms with E-state index in [1.165, 1.54) is 12.8 Å². The van der Waals surface area contributed by atoms with Crippen LogP contribution in [0, 0.1) is 0 Å². The molecular formula is C13H18ClN3O. The van der Waals surface area contributed by atoms with Crippen molar-refractivity contribution in [1.82, 2.24) is 15.3 Å². The lowest BCUT2D eigenvalue weighted by Crippen LogP contribution is -2.27. The zero-order valence-corrected chi connectivity index (χ0v) is 11.2. The predicted octanol–water partition coefficient (Wildman–Crippen LogP) is 2.81. The van der Waals surface area contributed by atoms with Gasteiger partial charge in [-0.2, -0.15) is 0 Å². The summed E-state index contributed by atoms with van der Waals surface area (Å²) < 4.78 is 5.21. The van der Waals surface area contributed by atoms with Crippen molar-refractivity contribution < 1.29 is 4.74 Å². The van der Waals surface area contributed by atoms with Crippen molar-refractivity contribution in [2.24, 2.45) is 0 Å². The minimum absolute atomic E-state index is 0. The number of benzene rings is 1. The molecule has 1 aromatic carbocycles. The number of nitrogens with one attached hydrogen (secondary N) is 2. The Labute approximate surface area is 113 Å². The third-order valence-electron chi connectivity index (χ3n) is 3.35. The van der Waals surface area contributed by atoms with Crippen LogP contribution >= 0.6 is 12.4 Å². The Morgan fingerprint density at radius 2 is 2.22 bits per heavy atom. The molecule has 1 aromatic heterocycles. The molecular weight excluding hydrogens is 250 g/mol. The van der Waals surface area contributed by atoms with Gasteiger partial charge in [-0.3, -0.25) is 0 Å². The Balaban J connectivity index is 0.00000120. The summed E-state index contributed by atoms with van der Waals surface area (Å²) in [6, 6.07) is 6.31. The van der Waals surface area contributed by atoms with E-state index in [1.807, 2.05) is 18.2 Å². The molecule has 4 nitrogen and oxygen atoms in total. The Kier molecular flexibility index (Phi) is 4.09. The summed E-state index contributed by atoms with van der Waals surface area (Å²) in [7, 11) is 1.68. The second-order valence-electron chi connectivity index (χ2n) is 4.51. The highest BCUT2D eigenvalue weighted by atomic mass is 35.5. The average Bonchev–Trinajstić information content (AvgIpc) is 2.82. The number of ether oxygens (including phenoxy) is 1. The first kappa shape index (κ1) is 13.2. The van der Waals surface area contributed by atoms with Crippen molar-refractivity contribution in [3.05, 3.63) is 24.0 Å². The van der Waals surface area contributed by atoms with Crippen LogP contribution in [0.25, 0.3) is 11.0 Å². The Bertz CT molecular complexity index is 520. The van der Waals surface area contributed by atoms with Gasteiger partial charge in [-0.1, -0.05) is 6.42 Å². The standard InChI is InChI=1S/C13H17N3O.ClH/c1-17-9-5-6-10-12(8-9)16-13(15-10)11-4-2-3-7-14-11;/h5-6,8,11,14H,2-4,7H2,1H3,(H,15,16);1H. The number of halogens is 1. The van der Waals surface area contributed by atoms with Gasteiger partial charge in [0.1, 0.15) is 11.6 Å². The number of hydrogen-bond donors (Lipinski definition) is 2. The van der Waals surface area contributed by atoms with Crippen molar-refractivity contribution in [3.8, 4) is 5.75 Å². The zero-order valence-electron chi connectivity index (χ0n) is 10.4. The van der Waals surface area contributed by atoms with Crippen LogP contribution in [0.2, 0.25) is 0 Å². The van der Waals surface area contributed by atoms with Crippen LogP contribution in [0.4, 0.5) is 0 Å². The molecule has 2 aromatic rings. The summed E-state index contributed by atoms with van der Waals surface area (Å²) in [4.78, 5) is 8.02. The second kappa shape index (κ2) is 5.59. The molecule has 2 N–H and O–H groups in total. The third kappa shape index (κ3) is 2.44. The lowest BCUT2D eigenvalue weighted by molar-refractivity contribution is 0.400. The molecule has 1 unspecified atom stereocenters. The van der Waals surface area contributed by atoms with E-state index in [2.05, 4.69) is 15.3 Å². The van der Waals surface area contributed by atoms with E-state index in [0.29, 0.717) is 6.04 Å². The number of methoxy groups -OCH3 is 1. The second-order valence-corrected chi connectivity index (χ2v) is 4.51. The van der Waals surface area contributed by atoms with Gasteiger partial charge in [-0.05, 0) is 31.5 Å². The highest BCUT2D eigenvalue weighted by Gasteiger charge is 2.18. The molecule has 0 radical (unpaired) electrons. The van der Waals surface area contributed by atoms with E-state index in [9.17, 15) is 0 Å². The summed E-state index contributed by atoms with van der Waals surface area (Å²) in [5, 5.41) is 3.50. The lowest BCUT2D eigenvalue weighted by atomic mass is 10.0. The largest absolute Gasteiger partial charge is 0.497 e. The topological polar surface area (TPSA) is 49.9 Å². The van der Waals surface area contributed by atoms with Gasteiger partial charge in [0, 0.05) is 6.07 Å². The summed E-state index contributed by atoms with van der Waals surface area (Å²) in [5.74, 6) is 1.91. The number of aromatic nitrogens is 2. The van der Waals surface area contributed by atoms with E-state index >= 15 is 0 Å². The number of hydrogen-bond acceptors (Lipinski definition) is 3. The number of H-pyrrole nitrogens is 1. The minimum Gasteiger partial charge on any atom is -0.497 e. The molecule has 3 rings (SSSR count). The van der Waals surface area contributed by atoms with Crippen molar-refractivity contribution >= 4 is 23.4 Å². The molecule has 0 spiro atoms. The monoisotopic (exact) mass is 267 g/mol. The molecule has 0 amide bonds. The number of aromatic amines is 1. The fraction of sp³-hybridized carbons (Fsp3) is 0.462. The summed E-state index contributed by atoms with van der Waals surface area (Å²) in [6.07, 6.45) is 3.71. The average molecular weight is 268 g/mol. The van der Waals surface area contributed by atoms with E-state index in [-0.39, 0.29) is 12.4 Å². The molecule has 18 heavy (non-hydrogen) atoms. The highest BCUT2D eigenvalue weighted by Crippen LogP contribution is 2.24. The maximum absolute atomic E-state index is 5.21. The van der Waals surface area contributed by atoms with Crippen LogP contribution in [0.1, 0.15) is 31.1 Å². The van der Waals surface area contributed by atoms with Crippen molar-refractivity contribution in [2.75, 3.05) is 13.7 Å². The predicted molar refractivity (Wildman–Crippen MR) is 74.5 cm³/mol. The first-order chi connectivity index (χ1) is 8.36.